The molecule has 0 fully saturated rings. The van der Waals surface area contributed by atoms with Crippen LogP contribution in [-0.4, -0.2) is 26.3 Å². The van der Waals surface area contributed by atoms with Crippen molar-refractivity contribution in [3.8, 4) is 12.3 Å². The Balaban J connectivity index is 3.23. The Morgan fingerprint density at radius 3 is 2.77 bits per heavy atom. The Kier molecular flexibility index (Phi) is 9.18. The number of nitrogens with one attached hydrogen (secondary N) is 1. The molecule has 0 saturated carbocycles. The van der Waals surface area contributed by atoms with Crippen LogP contribution in [0.15, 0.2) is 0 Å². The van der Waals surface area contributed by atoms with Gasteiger partial charge in [-0.05, 0) is 25.8 Å². The van der Waals surface area contributed by atoms with Crippen LogP contribution in [0.4, 0.5) is 0 Å². The average molecular weight is 183 g/mol. The van der Waals surface area contributed by atoms with Crippen LogP contribution < -0.4 is 5.32 Å². The van der Waals surface area contributed by atoms with E-state index in [0.29, 0.717) is 6.04 Å². The van der Waals surface area contributed by atoms with Gasteiger partial charge in [0, 0.05) is 26.2 Å². The van der Waals surface area contributed by atoms with Crippen molar-refractivity contribution in [2.75, 3.05) is 20.3 Å². The van der Waals surface area contributed by atoms with E-state index in [4.69, 9.17) is 11.2 Å². The number of hydrogen-bond acceptors (Lipinski definition) is 2. The lowest BCUT2D eigenvalue weighted by Gasteiger charge is -2.13. The molecule has 1 atom stereocenters. The van der Waals surface area contributed by atoms with Gasteiger partial charge in [-0.15, -0.1) is 12.3 Å². The van der Waals surface area contributed by atoms with Gasteiger partial charge >= 0.3 is 0 Å². The first kappa shape index (κ1) is 12.5. The summed E-state index contributed by atoms with van der Waals surface area (Å²) >= 11 is 0. The van der Waals surface area contributed by atoms with Crippen molar-refractivity contribution in [2.45, 2.75) is 38.6 Å². The van der Waals surface area contributed by atoms with Gasteiger partial charge in [-0.2, -0.15) is 0 Å². The number of ether oxygens (including phenoxy) is 1. The molecule has 0 radical (unpaired) electrons. The fraction of sp³-hybridized carbons (Fsp3) is 0.818. The lowest BCUT2D eigenvalue weighted by atomic mass is 10.1. The van der Waals surface area contributed by atoms with Crippen LogP contribution in [0.25, 0.3) is 0 Å². The Morgan fingerprint density at radius 1 is 1.46 bits per heavy atom. The minimum Gasteiger partial charge on any atom is -0.385 e. The van der Waals surface area contributed by atoms with E-state index in [0.717, 1.165) is 38.8 Å². The highest BCUT2D eigenvalue weighted by Crippen LogP contribution is 1.96. The maximum Gasteiger partial charge on any atom is 0.0462 e. The Labute approximate surface area is 82.1 Å². The van der Waals surface area contributed by atoms with Crippen LogP contribution in [-0.2, 0) is 4.74 Å². The number of hydrogen-bond donors (Lipinski definition) is 1. The summed E-state index contributed by atoms with van der Waals surface area (Å²) in [5.41, 5.74) is 0. The van der Waals surface area contributed by atoms with E-state index < -0.39 is 0 Å². The summed E-state index contributed by atoms with van der Waals surface area (Å²) in [5.74, 6) is 2.68. The van der Waals surface area contributed by atoms with Crippen LogP contribution >= 0.6 is 0 Å². The second-order valence-electron chi connectivity index (χ2n) is 3.17. The lowest BCUT2D eigenvalue weighted by Crippen LogP contribution is -2.28. The van der Waals surface area contributed by atoms with Gasteiger partial charge in [-0.3, -0.25) is 0 Å². The predicted molar refractivity (Wildman–Crippen MR) is 56.6 cm³/mol. The molecule has 13 heavy (non-hydrogen) atoms. The third kappa shape index (κ3) is 7.83. The van der Waals surface area contributed by atoms with Gasteiger partial charge in [0.25, 0.3) is 0 Å². The molecule has 0 aromatic carbocycles. The molecule has 0 aromatic rings. The number of unbranched alkanes of at least 4 members (excludes halogenated alkanes) is 1. The summed E-state index contributed by atoms with van der Waals surface area (Å²) in [6, 6.07) is 0.493. The predicted octanol–water partition coefficient (Wildman–Crippen LogP) is 1.80. The quantitative estimate of drug-likeness (QED) is 0.458. The molecule has 0 spiro atoms. The molecular weight excluding hydrogens is 162 g/mol. The van der Waals surface area contributed by atoms with E-state index in [2.05, 4.69) is 18.2 Å². The SMILES string of the molecule is C#CCC(CC)NCCCCOC. The minimum atomic E-state index is 0.493. The summed E-state index contributed by atoms with van der Waals surface area (Å²) < 4.78 is 4.96. The van der Waals surface area contributed by atoms with Crippen molar-refractivity contribution in [1.82, 2.24) is 5.32 Å². The molecule has 1 N–H and O–H groups in total. The molecule has 2 nitrogen and oxygen atoms in total. The van der Waals surface area contributed by atoms with Gasteiger partial charge in [-0.25, -0.2) is 0 Å². The zero-order chi connectivity index (χ0) is 9.94. The fourth-order valence-corrected chi connectivity index (χ4v) is 1.18. The zero-order valence-electron chi connectivity index (χ0n) is 8.81. The van der Waals surface area contributed by atoms with Crippen molar-refractivity contribution in [2.24, 2.45) is 0 Å². The molecule has 0 aliphatic heterocycles. The second kappa shape index (κ2) is 9.57. The zero-order valence-corrected chi connectivity index (χ0v) is 8.81. The fourth-order valence-electron chi connectivity index (χ4n) is 1.18. The summed E-state index contributed by atoms with van der Waals surface area (Å²) in [6.07, 6.45) is 9.47. The third-order valence-electron chi connectivity index (χ3n) is 2.07. The van der Waals surface area contributed by atoms with Gasteiger partial charge in [-0.1, -0.05) is 6.92 Å². The topological polar surface area (TPSA) is 21.3 Å². The maximum absolute atomic E-state index is 5.25. The largest absolute Gasteiger partial charge is 0.385 e. The molecule has 1 unspecified atom stereocenters. The van der Waals surface area contributed by atoms with E-state index in [1.54, 1.807) is 7.11 Å². The number of terminal acetylenes is 1. The first-order chi connectivity index (χ1) is 6.35. The van der Waals surface area contributed by atoms with Crippen LogP contribution in [0.5, 0.6) is 0 Å². The summed E-state index contributed by atoms with van der Waals surface area (Å²) in [6.45, 7) is 4.06. The number of methoxy groups -OCH3 is 1. The van der Waals surface area contributed by atoms with Crippen molar-refractivity contribution in [1.29, 1.82) is 0 Å². The Bertz CT molecular complexity index is 140. The highest BCUT2D eigenvalue weighted by atomic mass is 16.5. The van der Waals surface area contributed by atoms with Gasteiger partial charge in [0.1, 0.15) is 0 Å². The summed E-state index contributed by atoms with van der Waals surface area (Å²) in [4.78, 5) is 0. The van der Waals surface area contributed by atoms with E-state index in [9.17, 15) is 0 Å². The van der Waals surface area contributed by atoms with Gasteiger partial charge in [0.2, 0.25) is 0 Å². The summed E-state index contributed by atoms with van der Waals surface area (Å²) in [7, 11) is 1.74. The standard InChI is InChI=1S/C11H21NO/c1-4-8-11(5-2)12-9-6-7-10-13-3/h1,11-12H,5-10H2,2-3H3. The van der Waals surface area contributed by atoms with E-state index in [1.165, 1.54) is 0 Å². The van der Waals surface area contributed by atoms with Crippen LogP contribution in [0.1, 0.15) is 32.6 Å². The van der Waals surface area contributed by atoms with Crippen LogP contribution in [0, 0.1) is 12.3 Å². The third-order valence-corrected chi connectivity index (χ3v) is 2.07. The van der Waals surface area contributed by atoms with E-state index >= 15 is 0 Å². The van der Waals surface area contributed by atoms with Crippen molar-refractivity contribution < 1.29 is 4.74 Å². The molecule has 0 bridgehead atoms. The van der Waals surface area contributed by atoms with Crippen molar-refractivity contribution >= 4 is 0 Å². The highest BCUT2D eigenvalue weighted by molar-refractivity contribution is 4.89. The van der Waals surface area contributed by atoms with Crippen molar-refractivity contribution in [3.63, 3.8) is 0 Å². The van der Waals surface area contributed by atoms with Gasteiger partial charge in [0.15, 0.2) is 0 Å². The molecule has 2 heteroatoms. The monoisotopic (exact) mass is 183 g/mol. The molecule has 76 valence electrons. The van der Waals surface area contributed by atoms with Crippen LogP contribution in [0.3, 0.4) is 0 Å². The molecule has 0 rings (SSSR count). The molecule has 0 heterocycles. The highest BCUT2D eigenvalue weighted by Gasteiger charge is 2.01. The van der Waals surface area contributed by atoms with E-state index in [-0.39, 0.29) is 0 Å². The lowest BCUT2D eigenvalue weighted by molar-refractivity contribution is 0.192. The molecule has 0 aliphatic carbocycles. The Hall–Kier alpha value is -0.520. The maximum atomic E-state index is 5.25. The molecule has 0 amide bonds. The molecule has 0 aliphatic rings. The average Bonchev–Trinajstić information content (AvgIpc) is 2.16. The molecule has 0 saturated heterocycles. The van der Waals surface area contributed by atoms with Gasteiger partial charge < -0.3 is 10.1 Å². The normalized spacial score (nSPS) is 12.4. The molecule has 0 aromatic heterocycles. The first-order valence-corrected chi connectivity index (χ1v) is 5.00. The van der Waals surface area contributed by atoms with Gasteiger partial charge in [0.05, 0.1) is 0 Å². The Morgan fingerprint density at radius 2 is 2.23 bits per heavy atom. The second-order valence-corrected chi connectivity index (χ2v) is 3.17. The minimum absolute atomic E-state index is 0.493. The van der Waals surface area contributed by atoms with E-state index in [1.807, 2.05) is 0 Å². The first-order valence-electron chi connectivity index (χ1n) is 5.00. The number of rotatable bonds is 8. The van der Waals surface area contributed by atoms with Crippen molar-refractivity contribution in [3.05, 3.63) is 0 Å². The summed E-state index contributed by atoms with van der Waals surface area (Å²) in [5, 5.41) is 3.43. The smallest absolute Gasteiger partial charge is 0.0462 e. The van der Waals surface area contributed by atoms with Crippen LogP contribution in [0.2, 0.25) is 0 Å². The molecular formula is C11H21NO.